The fourth-order valence-electron chi connectivity index (χ4n) is 1.99. The molecular formula is C9H14ClN3. The molecule has 13 heavy (non-hydrogen) atoms. The summed E-state index contributed by atoms with van der Waals surface area (Å²) in [7, 11) is 1.83. The lowest BCUT2D eigenvalue weighted by Gasteiger charge is -2.04. The van der Waals surface area contributed by atoms with E-state index in [9.17, 15) is 0 Å². The predicted molar refractivity (Wildman–Crippen MR) is 53.8 cm³/mol. The molecule has 0 radical (unpaired) electrons. The fourth-order valence-corrected chi connectivity index (χ4v) is 2.31. The zero-order chi connectivity index (χ0) is 9.42. The molecule has 1 fully saturated rings. The second-order valence-electron chi connectivity index (χ2n) is 3.69. The van der Waals surface area contributed by atoms with Crippen molar-refractivity contribution in [1.29, 1.82) is 0 Å². The molecule has 0 bridgehead atoms. The maximum Gasteiger partial charge on any atom is 0.140 e. The van der Waals surface area contributed by atoms with Gasteiger partial charge >= 0.3 is 0 Å². The Morgan fingerprint density at radius 2 is 2.08 bits per heavy atom. The highest BCUT2D eigenvalue weighted by Crippen LogP contribution is 2.38. The van der Waals surface area contributed by atoms with Crippen molar-refractivity contribution in [1.82, 2.24) is 9.78 Å². The zero-order valence-electron chi connectivity index (χ0n) is 7.76. The second kappa shape index (κ2) is 3.22. The first kappa shape index (κ1) is 8.88. The molecule has 1 saturated carbocycles. The van der Waals surface area contributed by atoms with Gasteiger partial charge in [-0.3, -0.25) is 4.68 Å². The highest BCUT2D eigenvalue weighted by atomic mass is 35.5. The van der Waals surface area contributed by atoms with Crippen LogP contribution in [0.1, 0.15) is 37.3 Å². The maximum atomic E-state index is 6.09. The molecule has 0 amide bonds. The van der Waals surface area contributed by atoms with Crippen molar-refractivity contribution >= 4 is 17.4 Å². The summed E-state index contributed by atoms with van der Waals surface area (Å²) in [6.07, 6.45) is 4.99. The molecule has 1 aliphatic rings. The second-order valence-corrected chi connectivity index (χ2v) is 4.07. The van der Waals surface area contributed by atoms with Gasteiger partial charge in [0.25, 0.3) is 0 Å². The van der Waals surface area contributed by atoms with Crippen molar-refractivity contribution in [2.45, 2.75) is 31.6 Å². The van der Waals surface area contributed by atoms with Crippen LogP contribution in [0.3, 0.4) is 0 Å². The number of halogens is 1. The molecular weight excluding hydrogens is 186 g/mol. The van der Waals surface area contributed by atoms with Crippen molar-refractivity contribution in [2.24, 2.45) is 7.05 Å². The van der Waals surface area contributed by atoms with E-state index < -0.39 is 0 Å². The van der Waals surface area contributed by atoms with Crippen LogP contribution in [-0.4, -0.2) is 9.78 Å². The minimum atomic E-state index is 0.538. The number of nitrogens with two attached hydrogens (primary N) is 1. The Hall–Kier alpha value is -0.700. The predicted octanol–water partition coefficient (Wildman–Crippen LogP) is 2.31. The summed E-state index contributed by atoms with van der Waals surface area (Å²) in [4.78, 5) is 0. The number of anilines is 1. The first-order valence-electron chi connectivity index (χ1n) is 4.68. The molecule has 0 aliphatic heterocycles. The molecule has 1 aromatic heterocycles. The molecule has 3 nitrogen and oxygen atoms in total. The lowest BCUT2D eigenvalue weighted by molar-refractivity contribution is 0.660. The number of hydrogen-bond donors (Lipinski definition) is 1. The van der Waals surface area contributed by atoms with E-state index in [0.717, 1.165) is 5.69 Å². The third kappa shape index (κ3) is 1.41. The lowest BCUT2D eigenvalue weighted by atomic mass is 10.0. The van der Waals surface area contributed by atoms with Crippen LogP contribution in [0.25, 0.3) is 0 Å². The van der Waals surface area contributed by atoms with Gasteiger partial charge in [0.1, 0.15) is 10.8 Å². The molecule has 1 aliphatic carbocycles. The molecule has 0 saturated heterocycles. The van der Waals surface area contributed by atoms with Gasteiger partial charge in [0.05, 0.1) is 5.69 Å². The molecule has 2 N–H and O–H groups in total. The standard InChI is InChI=1S/C9H14ClN3/c1-13-9(11)7(10)8(12-13)6-4-2-3-5-6/h6H,2-5,11H2,1H3. The number of hydrogen-bond acceptors (Lipinski definition) is 2. The van der Waals surface area contributed by atoms with Crippen LogP contribution in [0.2, 0.25) is 5.02 Å². The minimum absolute atomic E-state index is 0.538. The van der Waals surface area contributed by atoms with Crippen molar-refractivity contribution in [3.63, 3.8) is 0 Å². The number of nitrogens with zero attached hydrogens (tertiary/aromatic N) is 2. The number of aromatic nitrogens is 2. The Kier molecular flexibility index (Phi) is 2.20. The Bertz CT molecular complexity index is 313. The molecule has 72 valence electrons. The normalized spacial score (nSPS) is 18.3. The van der Waals surface area contributed by atoms with Gasteiger partial charge in [-0.25, -0.2) is 0 Å². The summed E-state index contributed by atoms with van der Waals surface area (Å²) >= 11 is 6.09. The zero-order valence-corrected chi connectivity index (χ0v) is 8.51. The first-order chi connectivity index (χ1) is 6.20. The van der Waals surface area contributed by atoms with Crippen LogP contribution >= 0.6 is 11.6 Å². The molecule has 1 aromatic rings. The van der Waals surface area contributed by atoms with Crippen LogP contribution in [0.4, 0.5) is 5.82 Å². The third-order valence-electron chi connectivity index (χ3n) is 2.80. The Labute approximate surface area is 82.9 Å². The SMILES string of the molecule is Cn1nc(C2CCCC2)c(Cl)c1N. The average Bonchev–Trinajstić information content (AvgIpc) is 2.70. The Balaban J connectivity index is 2.34. The summed E-state index contributed by atoms with van der Waals surface area (Å²) < 4.78 is 1.66. The molecule has 1 heterocycles. The van der Waals surface area contributed by atoms with Crippen LogP contribution in [0.5, 0.6) is 0 Å². The fraction of sp³-hybridized carbons (Fsp3) is 0.667. The van der Waals surface area contributed by atoms with Gasteiger partial charge < -0.3 is 5.73 Å². The average molecular weight is 200 g/mol. The van der Waals surface area contributed by atoms with E-state index in [2.05, 4.69) is 5.10 Å². The largest absolute Gasteiger partial charge is 0.383 e. The van der Waals surface area contributed by atoms with Crippen molar-refractivity contribution in [3.8, 4) is 0 Å². The number of aryl methyl sites for hydroxylation is 1. The Morgan fingerprint density at radius 1 is 1.46 bits per heavy atom. The topological polar surface area (TPSA) is 43.8 Å². The summed E-state index contributed by atoms with van der Waals surface area (Å²) in [5.41, 5.74) is 6.74. The van der Waals surface area contributed by atoms with E-state index in [1.54, 1.807) is 4.68 Å². The lowest BCUT2D eigenvalue weighted by Crippen LogP contribution is -1.98. The van der Waals surface area contributed by atoms with E-state index in [1.807, 2.05) is 7.05 Å². The number of rotatable bonds is 1. The molecule has 2 rings (SSSR count). The van der Waals surface area contributed by atoms with Gasteiger partial charge in [0.15, 0.2) is 0 Å². The van der Waals surface area contributed by atoms with Crippen LogP contribution < -0.4 is 5.73 Å². The van der Waals surface area contributed by atoms with E-state index >= 15 is 0 Å². The summed E-state index contributed by atoms with van der Waals surface area (Å²) in [5, 5.41) is 5.01. The first-order valence-corrected chi connectivity index (χ1v) is 5.06. The monoisotopic (exact) mass is 199 g/mol. The minimum Gasteiger partial charge on any atom is -0.383 e. The van der Waals surface area contributed by atoms with Crippen molar-refractivity contribution < 1.29 is 0 Å². The highest BCUT2D eigenvalue weighted by molar-refractivity contribution is 6.33. The van der Waals surface area contributed by atoms with Crippen molar-refractivity contribution in [3.05, 3.63) is 10.7 Å². The van der Waals surface area contributed by atoms with E-state index in [1.165, 1.54) is 25.7 Å². The Morgan fingerprint density at radius 3 is 2.54 bits per heavy atom. The van der Waals surface area contributed by atoms with E-state index in [4.69, 9.17) is 17.3 Å². The van der Waals surface area contributed by atoms with Gasteiger partial charge in [-0.05, 0) is 12.8 Å². The van der Waals surface area contributed by atoms with Gasteiger partial charge in [0.2, 0.25) is 0 Å². The maximum absolute atomic E-state index is 6.09. The molecule has 0 atom stereocenters. The number of nitrogen functional groups attached to an aromatic ring is 1. The van der Waals surface area contributed by atoms with E-state index in [-0.39, 0.29) is 0 Å². The van der Waals surface area contributed by atoms with Crippen molar-refractivity contribution in [2.75, 3.05) is 5.73 Å². The van der Waals surface area contributed by atoms with Gasteiger partial charge in [-0.2, -0.15) is 5.10 Å². The summed E-state index contributed by atoms with van der Waals surface area (Å²) in [6.45, 7) is 0. The van der Waals surface area contributed by atoms with Gasteiger partial charge in [0, 0.05) is 13.0 Å². The van der Waals surface area contributed by atoms with Gasteiger partial charge in [-0.1, -0.05) is 24.4 Å². The highest BCUT2D eigenvalue weighted by Gasteiger charge is 2.24. The molecule has 0 spiro atoms. The molecule has 0 aromatic carbocycles. The molecule has 4 heteroatoms. The summed E-state index contributed by atoms with van der Waals surface area (Å²) in [6, 6.07) is 0. The van der Waals surface area contributed by atoms with Crippen LogP contribution in [-0.2, 0) is 7.05 Å². The smallest absolute Gasteiger partial charge is 0.140 e. The van der Waals surface area contributed by atoms with Gasteiger partial charge in [-0.15, -0.1) is 0 Å². The van der Waals surface area contributed by atoms with Crippen LogP contribution in [0, 0.1) is 0 Å². The quantitative estimate of drug-likeness (QED) is 0.755. The van der Waals surface area contributed by atoms with Crippen LogP contribution in [0.15, 0.2) is 0 Å². The molecule has 0 unspecified atom stereocenters. The third-order valence-corrected chi connectivity index (χ3v) is 3.19. The van der Waals surface area contributed by atoms with E-state index in [0.29, 0.717) is 16.8 Å². The summed E-state index contributed by atoms with van der Waals surface area (Å²) in [5.74, 6) is 1.12.